The first kappa shape index (κ1) is 12.0. The molecule has 0 spiro atoms. The highest BCUT2D eigenvalue weighted by Crippen LogP contribution is 2.39. The van der Waals surface area contributed by atoms with Gasteiger partial charge in [-0.2, -0.15) is 0 Å². The summed E-state index contributed by atoms with van der Waals surface area (Å²) < 4.78 is 0. The molecule has 2 N–H and O–H groups in total. The maximum absolute atomic E-state index is 9.28. The third kappa shape index (κ3) is 2.96. The zero-order valence-electron chi connectivity index (χ0n) is 9.90. The van der Waals surface area contributed by atoms with Gasteiger partial charge in [0.15, 0.2) is 0 Å². The van der Waals surface area contributed by atoms with E-state index in [4.69, 9.17) is 0 Å². The molecule has 0 aromatic rings. The molecule has 0 aromatic carbocycles. The van der Waals surface area contributed by atoms with Crippen molar-refractivity contribution in [3.8, 4) is 0 Å². The lowest BCUT2D eigenvalue weighted by Crippen LogP contribution is -2.44. The monoisotopic (exact) mass is 199 g/mol. The molecule has 0 radical (unpaired) electrons. The zero-order valence-corrected chi connectivity index (χ0v) is 9.90. The van der Waals surface area contributed by atoms with Crippen molar-refractivity contribution in [1.29, 1.82) is 0 Å². The number of nitrogens with one attached hydrogen (secondary N) is 1. The van der Waals surface area contributed by atoms with E-state index in [9.17, 15) is 5.11 Å². The van der Waals surface area contributed by atoms with Gasteiger partial charge in [0.2, 0.25) is 0 Å². The van der Waals surface area contributed by atoms with Gasteiger partial charge in [-0.3, -0.25) is 0 Å². The van der Waals surface area contributed by atoms with Crippen LogP contribution in [0.1, 0.15) is 46.5 Å². The van der Waals surface area contributed by atoms with E-state index in [0.717, 1.165) is 13.1 Å². The molecule has 1 fully saturated rings. The topological polar surface area (TPSA) is 32.3 Å². The van der Waals surface area contributed by atoms with Crippen molar-refractivity contribution in [2.45, 2.75) is 46.5 Å². The minimum absolute atomic E-state index is 0.226. The van der Waals surface area contributed by atoms with E-state index in [-0.39, 0.29) is 5.41 Å². The van der Waals surface area contributed by atoms with Gasteiger partial charge < -0.3 is 10.4 Å². The van der Waals surface area contributed by atoms with E-state index in [1.54, 1.807) is 0 Å². The van der Waals surface area contributed by atoms with Crippen molar-refractivity contribution in [3.63, 3.8) is 0 Å². The van der Waals surface area contributed by atoms with Gasteiger partial charge in [-0.05, 0) is 24.7 Å². The summed E-state index contributed by atoms with van der Waals surface area (Å²) in [5.74, 6) is 0. The van der Waals surface area contributed by atoms with Crippen LogP contribution in [0.25, 0.3) is 0 Å². The normalized spacial score (nSPS) is 20.6. The van der Waals surface area contributed by atoms with Crippen LogP contribution in [0.4, 0.5) is 0 Å². The molecule has 0 aromatic heterocycles. The van der Waals surface area contributed by atoms with E-state index >= 15 is 0 Å². The van der Waals surface area contributed by atoms with Gasteiger partial charge in [0.1, 0.15) is 0 Å². The Morgan fingerprint density at radius 1 is 1.36 bits per heavy atom. The van der Waals surface area contributed by atoms with E-state index in [2.05, 4.69) is 26.1 Å². The Morgan fingerprint density at radius 2 is 2.00 bits per heavy atom. The molecule has 1 rings (SSSR count). The summed E-state index contributed by atoms with van der Waals surface area (Å²) in [7, 11) is 0. The largest absolute Gasteiger partial charge is 0.396 e. The third-order valence-corrected chi connectivity index (χ3v) is 3.81. The van der Waals surface area contributed by atoms with E-state index in [0.29, 0.717) is 12.0 Å². The summed E-state index contributed by atoms with van der Waals surface area (Å²) in [5.41, 5.74) is 0.615. The Hall–Kier alpha value is -0.0800. The van der Waals surface area contributed by atoms with E-state index in [1.807, 2.05) is 0 Å². The van der Waals surface area contributed by atoms with Crippen LogP contribution >= 0.6 is 0 Å². The van der Waals surface area contributed by atoms with Crippen LogP contribution in [0.3, 0.4) is 0 Å². The second-order valence-corrected chi connectivity index (χ2v) is 5.63. The highest BCUT2D eigenvalue weighted by Gasteiger charge is 2.36. The van der Waals surface area contributed by atoms with Crippen molar-refractivity contribution in [3.05, 3.63) is 0 Å². The van der Waals surface area contributed by atoms with Gasteiger partial charge >= 0.3 is 0 Å². The summed E-state index contributed by atoms with van der Waals surface area (Å²) in [6.45, 7) is 9.20. The summed E-state index contributed by atoms with van der Waals surface area (Å²) in [4.78, 5) is 0. The highest BCUT2D eigenvalue weighted by molar-refractivity contribution is 4.89. The summed E-state index contributed by atoms with van der Waals surface area (Å²) in [5, 5.41) is 12.8. The van der Waals surface area contributed by atoms with Crippen LogP contribution in [0, 0.1) is 10.8 Å². The summed E-state index contributed by atoms with van der Waals surface area (Å²) >= 11 is 0. The Kier molecular flexibility index (Phi) is 3.96. The fourth-order valence-corrected chi connectivity index (χ4v) is 1.86. The number of aliphatic hydroxyl groups excluding tert-OH is 1. The molecule has 0 saturated heterocycles. The molecule has 84 valence electrons. The quantitative estimate of drug-likeness (QED) is 0.687. The Balaban J connectivity index is 2.20. The van der Waals surface area contributed by atoms with Gasteiger partial charge in [-0.1, -0.05) is 27.2 Å². The average Bonchev–Trinajstić information content (AvgIpc) is 2.10. The predicted octanol–water partition coefficient (Wildman–Crippen LogP) is 2.17. The molecular formula is C12H25NO. The summed E-state index contributed by atoms with van der Waals surface area (Å²) in [6, 6.07) is 0. The molecule has 0 atom stereocenters. The van der Waals surface area contributed by atoms with Crippen molar-refractivity contribution >= 4 is 0 Å². The second-order valence-electron chi connectivity index (χ2n) is 5.63. The van der Waals surface area contributed by atoms with Crippen LogP contribution < -0.4 is 5.32 Å². The molecule has 2 heteroatoms. The van der Waals surface area contributed by atoms with E-state index < -0.39 is 0 Å². The first-order chi connectivity index (χ1) is 6.54. The molecule has 1 aliphatic carbocycles. The number of hydrogen-bond donors (Lipinski definition) is 2. The molecule has 0 amide bonds. The average molecular weight is 199 g/mol. The van der Waals surface area contributed by atoms with Crippen molar-refractivity contribution < 1.29 is 5.11 Å². The smallest absolute Gasteiger partial charge is 0.0499 e. The van der Waals surface area contributed by atoms with Gasteiger partial charge in [-0.15, -0.1) is 0 Å². The second kappa shape index (κ2) is 4.63. The molecule has 0 bridgehead atoms. The van der Waals surface area contributed by atoms with Gasteiger partial charge in [-0.25, -0.2) is 0 Å². The number of aliphatic hydroxyl groups is 1. The van der Waals surface area contributed by atoms with Crippen LogP contribution in [-0.4, -0.2) is 24.8 Å². The fraction of sp³-hybridized carbons (Fsp3) is 1.00. The standard InChI is InChI=1S/C12H25NO/c1-4-11(2,3)8-13-9-12(10-14)6-5-7-12/h13-14H,4-10H2,1-3H3. The molecular weight excluding hydrogens is 174 g/mol. The Bertz CT molecular complexity index is 168. The van der Waals surface area contributed by atoms with Gasteiger partial charge in [0.05, 0.1) is 0 Å². The SMILES string of the molecule is CCC(C)(C)CNCC1(CO)CCC1. The lowest BCUT2D eigenvalue weighted by atomic mass is 9.69. The molecule has 0 heterocycles. The lowest BCUT2D eigenvalue weighted by molar-refractivity contribution is 0.0424. The van der Waals surface area contributed by atoms with Gasteiger partial charge in [0, 0.05) is 25.1 Å². The van der Waals surface area contributed by atoms with Crippen LogP contribution in [0.5, 0.6) is 0 Å². The maximum atomic E-state index is 9.28. The molecule has 1 saturated carbocycles. The molecule has 2 nitrogen and oxygen atoms in total. The Morgan fingerprint density at radius 3 is 2.36 bits per heavy atom. The predicted molar refractivity (Wildman–Crippen MR) is 60.3 cm³/mol. The maximum Gasteiger partial charge on any atom is 0.0499 e. The third-order valence-electron chi connectivity index (χ3n) is 3.81. The van der Waals surface area contributed by atoms with Crippen molar-refractivity contribution in [1.82, 2.24) is 5.32 Å². The number of hydrogen-bond acceptors (Lipinski definition) is 2. The lowest BCUT2D eigenvalue weighted by Gasteiger charge is -2.41. The molecule has 0 aliphatic heterocycles. The van der Waals surface area contributed by atoms with Gasteiger partial charge in [0.25, 0.3) is 0 Å². The number of rotatable bonds is 6. The summed E-state index contributed by atoms with van der Waals surface area (Å²) in [6.07, 6.45) is 4.89. The zero-order chi connectivity index (χ0) is 10.7. The van der Waals surface area contributed by atoms with Crippen LogP contribution in [-0.2, 0) is 0 Å². The Labute approximate surface area is 88.1 Å². The fourth-order valence-electron chi connectivity index (χ4n) is 1.86. The van der Waals surface area contributed by atoms with Crippen molar-refractivity contribution in [2.24, 2.45) is 10.8 Å². The molecule has 1 aliphatic rings. The minimum atomic E-state index is 0.226. The van der Waals surface area contributed by atoms with E-state index in [1.165, 1.54) is 25.7 Å². The minimum Gasteiger partial charge on any atom is -0.396 e. The molecule has 14 heavy (non-hydrogen) atoms. The van der Waals surface area contributed by atoms with Crippen LogP contribution in [0.2, 0.25) is 0 Å². The van der Waals surface area contributed by atoms with Crippen LogP contribution in [0.15, 0.2) is 0 Å². The first-order valence-corrected chi connectivity index (χ1v) is 5.85. The molecule has 0 unspecified atom stereocenters. The highest BCUT2D eigenvalue weighted by atomic mass is 16.3. The first-order valence-electron chi connectivity index (χ1n) is 5.85. The van der Waals surface area contributed by atoms with Crippen molar-refractivity contribution in [2.75, 3.05) is 19.7 Å².